The summed E-state index contributed by atoms with van der Waals surface area (Å²) in [4.78, 5) is 2.45. The first-order valence-electron chi connectivity index (χ1n) is 7.55. The Morgan fingerprint density at radius 2 is 1.90 bits per heavy atom. The van der Waals surface area contributed by atoms with E-state index >= 15 is 0 Å². The minimum absolute atomic E-state index is 0.558. The summed E-state index contributed by atoms with van der Waals surface area (Å²) in [5.74, 6) is 0.898. The molecular weight excluding hydrogens is 248 g/mol. The first-order chi connectivity index (χ1) is 9.80. The van der Waals surface area contributed by atoms with Crippen molar-refractivity contribution < 1.29 is 4.74 Å². The molecule has 20 heavy (non-hydrogen) atoms. The number of hydrogen-bond donors (Lipinski definition) is 1. The predicted octanol–water partition coefficient (Wildman–Crippen LogP) is 3.07. The van der Waals surface area contributed by atoms with Gasteiger partial charge in [-0.1, -0.05) is 38.6 Å². The van der Waals surface area contributed by atoms with Crippen LogP contribution in [-0.2, 0) is 6.54 Å². The highest BCUT2D eigenvalue weighted by molar-refractivity contribution is 5.27. The third-order valence-corrected chi connectivity index (χ3v) is 3.34. The zero-order chi connectivity index (χ0) is 14.6. The molecule has 0 spiro atoms. The standard InChI is InChI=1S/C17H28N2O/c1-4-14-20-17-10-8-16(9-11-17)15-18-12-7-13-19(5-2)6-3/h4,8-11,18H,1,5-7,12-15H2,2-3H3. The highest BCUT2D eigenvalue weighted by Crippen LogP contribution is 2.11. The molecule has 0 atom stereocenters. The average Bonchev–Trinajstić information content (AvgIpc) is 2.50. The lowest BCUT2D eigenvalue weighted by Gasteiger charge is -2.17. The zero-order valence-corrected chi connectivity index (χ0v) is 12.9. The van der Waals surface area contributed by atoms with Crippen molar-refractivity contribution in [1.29, 1.82) is 0 Å². The lowest BCUT2D eigenvalue weighted by atomic mass is 10.2. The SMILES string of the molecule is C=CCOc1ccc(CNCCCN(CC)CC)cc1. The van der Waals surface area contributed by atoms with Gasteiger partial charge in [-0.2, -0.15) is 0 Å². The highest BCUT2D eigenvalue weighted by atomic mass is 16.5. The summed E-state index contributed by atoms with van der Waals surface area (Å²) in [6, 6.07) is 8.23. The number of nitrogens with zero attached hydrogens (tertiary/aromatic N) is 1. The van der Waals surface area contributed by atoms with Crippen molar-refractivity contribution in [2.75, 3.05) is 32.8 Å². The van der Waals surface area contributed by atoms with Crippen molar-refractivity contribution in [3.63, 3.8) is 0 Å². The van der Waals surface area contributed by atoms with E-state index in [9.17, 15) is 0 Å². The molecule has 112 valence electrons. The van der Waals surface area contributed by atoms with E-state index in [0.717, 1.165) is 31.9 Å². The number of rotatable bonds is 11. The molecule has 0 aromatic heterocycles. The van der Waals surface area contributed by atoms with Gasteiger partial charge in [0.2, 0.25) is 0 Å². The molecule has 0 aliphatic rings. The molecule has 0 bridgehead atoms. The van der Waals surface area contributed by atoms with Crippen LogP contribution in [0.5, 0.6) is 5.75 Å². The van der Waals surface area contributed by atoms with Crippen molar-refractivity contribution >= 4 is 0 Å². The largest absolute Gasteiger partial charge is 0.490 e. The average molecular weight is 276 g/mol. The Bertz CT molecular complexity index is 358. The number of ether oxygens (including phenoxy) is 1. The maximum Gasteiger partial charge on any atom is 0.119 e. The molecule has 3 heteroatoms. The maximum atomic E-state index is 5.46. The van der Waals surface area contributed by atoms with Crippen LogP contribution in [0.1, 0.15) is 25.8 Å². The Morgan fingerprint density at radius 3 is 2.50 bits per heavy atom. The molecule has 0 saturated carbocycles. The fourth-order valence-corrected chi connectivity index (χ4v) is 2.06. The van der Waals surface area contributed by atoms with E-state index in [0.29, 0.717) is 6.61 Å². The Kier molecular flexibility index (Phi) is 8.76. The Hall–Kier alpha value is -1.32. The molecule has 0 aliphatic heterocycles. The molecule has 0 unspecified atom stereocenters. The fourth-order valence-electron chi connectivity index (χ4n) is 2.06. The van der Waals surface area contributed by atoms with Crippen LogP contribution in [0.25, 0.3) is 0 Å². The summed E-state index contributed by atoms with van der Waals surface area (Å²) in [6.45, 7) is 14.1. The number of benzene rings is 1. The number of hydrogen-bond acceptors (Lipinski definition) is 3. The van der Waals surface area contributed by atoms with Crippen molar-refractivity contribution in [3.05, 3.63) is 42.5 Å². The van der Waals surface area contributed by atoms with Gasteiger partial charge in [0.05, 0.1) is 0 Å². The Labute approximate surface area is 123 Å². The van der Waals surface area contributed by atoms with E-state index in [-0.39, 0.29) is 0 Å². The van der Waals surface area contributed by atoms with Gasteiger partial charge in [0.1, 0.15) is 12.4 Å². The molecule has 0 fully saturated rings. The third-order valence-electron chi connectivity index (χ3n) is 3.34. The molecule has 1 rings (SSSR count). The number of nitrogens with one attached hydrogen (secondary N) is 1. The van der Waals surface area contributed by atoms with Gasteiger partial charge in [-0.05, 0) is 50.3 Å². The minimum atomic E-state index is 0.558. The summed E-state index contributed by atoms with van der Waals surface area (Å²) in [5, 5.41) is 3.48. The quantitative estimate of drug-likeness (QED) is 0.496. The normalized spacial score (nSPS) is 10.8. The van der Waals surface area contributed by atoms with E-state index in [1.807, 2.05) is 12.1 Å². The smallest absolute Gasteiger partial charge is 0.119 e. The van der Waals surface area contributed by atoms with Gasteiger partial charge in [0, 0.05) is 6.54 Å². The fraction of sp³-hybridized carbons (Fsp3) is 0.529. The van der Waals surface area contributed by atoms with Crippen LogP contribution in [0.2, 0.25) is 0 Å². The molecule has 1 aromatic carbocycles. The van der Waals surface area contributed by atoms with Crippen LogP contribution < -0.4 is 10.1 Å². The van der Waals surface area contributed by atoms with Gasteiger partial charge in [0.25, 0.3) is 0 Å². The molecule has 1 N–H and O–H groups in total. The summed E-state index contributed by atoms with van der Waals surface area (Å²) >= 11 is 0. The van der Waals surface area contributed by atoms with Gasteiger partial charge in [0.15, 0.2) is 0 Å². The molecule has 3 nitrogen and oxygen atoms in total. The molecule has 0 radical (unpaired) electrons. The summed E-state index contributed by atoms with van der Waals surface area (Å²) in [6.07, 6.45) is 2.95. The van der Waals surface area contributed by atoms with Crippen LogP contribution in [0.4, 0.5) is 0 Å². The molecule has 0 saturated heterocycles. The topological polar surface area (TPSA) is 24.5 Å². The van der Waals surface area contributed by atoms with Crippen LogP contribution in [0.3, 0.4) is 0 Å². The molecule has 0 aliphatic carbocycles. The van der Waals surface area contributed by atoms with Gasteiger partial charge in [-0.3, -0.25) is 0 Å². The van der Waals surface area contributed by atoms with E-state index in [1.165, 1.54) is 18.5 Å². The molecule has 0 amide bonds. The van der Waals surface area contributed by atoms with E-state index in [1.54, 1.807) is 6.08 Å². The second-order valence-electron chi connectivity index (χ2n) is 4.80. The predicted molar refractivity (Wildman–Crippen MR) is 86.2 cm³/mol. The lowest BCUT2D eigenvalue weighted by molar-refractivity contribution is 0.298. The minimum Gasteiger partial charge on any atom is -0.490 e. The summed E-state index contributed by atoms with van der Waals surface area (Å²) < 4.78 is 5.46. The summed E-state index contributed by atoms with van der Waals surface area (Å²) in [5.41, 5.74) is 1.29. The highest BCUT2D eigenvalue weighted by Gasteiger charge is 1.98. The van der Waals surface area contributed by atoms with Crippen LogP contribution in [0.15, 0.2) is 36.9 Å². The third kappa shape index (κ3) is 6.73. The van der Waals surface area contributed by atoms with Crippen LogP contribution in [-0.4, -0.2) is 37.7 Å². The van der Waals surface area contributed by atoms with Crippen LogP contribution in [0, 0.1) is 0 Å². The summed E-state index contributed by atoms with van der Waals surface area (Å²) in [7, 11) is 0. The first-order valence-corrected chi connectivity index (χ1v) is 7.55. The van der Waals surface area contributed by atoms with Crippen molar-refractivity contribution in [1.82, 2.24) is 10.2 Å². The van der Waals surface area contributed by atoms with Crippen LogP contribution >= 0.6 is 0 Å². The monoisotopic (exact) mass is 276 g/mol. The Balaban J connectivity index is 2.17. The first kappa shape index (κ1) is 16.7. The van der Waals surface area contributed by atoms with E-state index < -0.39 is 0 Å². The van der Waals surface area contributed by atoms with Gasteiger partial charge in [-0.15, -0.1) is 0 Å². The van der Waals surface area contributed by atoms with Crippen molar-refractivity contribution in [3.8, 4) is 5.75 Å². The van der Waals surface area contributed by atoms with Gasteiger partial charge < -0.3 is 15.0 Å². The van der Waals surface area contributed by atoms with Gasteiger partial charge >= 0.3 is 0 Å². The molecule has 1 aromatic rings. The van der Waals surface area contributed by atoms with Gasteiger partial charge in [-0.25, -0.2) is 0 Å². The Morgan fingerprint density at radius 1 is 1.20 bits per heavy atom. The van der Waals surface area contributed by atoms with Crippen molar-refractivity contribution in [2.45, 2.75) is 26.8 Å². The molecule has 0 heterocycles. The second-order valence-corrected chi connectivity index (χ2v) is 4.80. The maximum absolute atomic E-state index is 5.46. The lowest BCUT2D eigenvalue weighted by Crippen LogP contribution is -2.27. The van der Waals surface area contributed by atoms with Crippen molar-refractivity contribution in [2.24, 2.45) is 0 Å². The zero-order valence-electron chi connectivity index (χ0n) is 12.9. The molecular formula is C17H28N2O. The van der Waals surface area contributed by atoms with E-state index in [4.69, 9.17) is 4.74 Å². The van der Waals surface area contributed by atoms with E-state index in [2.05, 4.69) is 42.8 Å². The second kappa shape index (κ2) is 10.5.